The number of carbonyl (C=O) groups is 2. The Labute approximate surface area is 171 Å². The molecule has 0 aromatic rings. The number of Topliss-reactive ketones (excluding diaryl/α,β-unsaturated/α-hetero) is 1. The summed E-state index contributed by atoms with van der Waals surface area (Å²) in [6.07, 6.45) is 3.15. The molecule has 0 unspecified atom stereocenters. The van der Waals surface area contributed by atoms with Crippen LogP contribution in [0.3, 0.4) is 0 Å². The van der Waals surface area contributed by atoms with Gasteiger partial charge in [0.2, 0.25) is 0 Å². The van der Waals surface area contributed by atoms with Gasteiger partial charge in [0.15, 0.2) is 5.78 Å². The number of aliphatic hydroxyl groups excluding tert-OH is 1. The summed E-state index contributed by atoms with van der Waals surface area (Å²) in [5.74, 6) is 0.0795. The van der Waals surface area contributed by atoms with Crippen LogP contribution in [0.1, 0.15) is 67.7 Å². The molecule has 0 aliphatic heterocycles. The first-order valence-electron chi connectivity index (χ1n) is 9.27. The van der Waals surface area contributed by atoms with Gasteiger partial charge in [-0.25, -0.2) is 4.79 Å². The molecule has 0 spiro atoms. The molecule has 0 aromatic carbocycles. The van der Waals surface area contributed by atoms with Crippen molar-refractivity contribution in [1.82, 2.24) is 4.90 Å². The third-order valence-corrected chi connectivity index (χ3v) is 2.81. The number of ketones is 1. The second-order valence-electron chi connectivity index (χ2n) is 6.06. The highest BCUT2D eigenvalue weighted by Gasteiger charge is 2.18. The van der Waals surface area contributed by atoms with Crippen molar-refractivity contribution in [2.75, 3.05) is 27.2 Å². The second kappa shape index (κ2) is 24.7. The van der Waals surface area contributed by atoms with Crippen molar-refractivity contribution in [2.45, 2.75) is 73.3 Å². The zero-order chi connectivity index (χ0) is 22.3. The molecule has 1 N–H and O–H groups in total. The maximum absolute atomic E-state index is 11.5. The number of unbranched alkanes of at least 4 members (excludes halogenated alkanes) is 2. The summed E-state index contributed by atoms with van der Waals surface area (Å²) in [5, 5.41) is 8.66. The van der Waals surface area contributed by atoms with Crippen LogP contribution >= 0.6 is 11.8 Å². The molecule has 0 saturated heterocycles. The van der Waals surface area contributed by atoms with Gasteiger partial charge in [-0.05, 0) is 39.5 Å². The molecule has 6 nitrogen and oxygen atoms in total. The molecule has 0 heterocycles. The van der Waals surface area contributed by atoms with Crippen LogP contribution in [-0.4, -0.2) is 60.3 Å². The van der Waals surface area contributed by atoms with Crippen molar-refractivity contribution in [3.8, 4) is 0 Å². The predicted molar refractivity (Wildman–Crippen MR) is 120 cm³/mol. The predicted octanol–water partition coefficient (Wildman–Crippen LogP) is 5.16. The number of aliphatic imine (C=N–C) groups is 1. The summed E-state index contributed by atoms with van der Waals surface area (Å²) in [5.41, 5.74) is 1.21. The number of thioether (sulfide) groups is 1. The zero-order valence-corrected chi connectivity index (χ0v) is 19.7. The van der Waals surface area contributed by atoms with E-state index >= 15 is 0 Å². The number of hydrogen-bond acceptors (Lipinski definition) is 6. The Morgan fingerprint density at radius 3 is 2.11 bits per heavy atom. The van der Waals surface area contributed by atoms with Crippen LogP contribution in [0, 0.1) is 0 Å². The average Bonchev–Trinajstić information content (AvgIpc) is 2.61. The van der Waals surface area contributed by atoms with E-state index in [9.17, 15) is 9.59 Å². The van der Waals surface area contributed by atoms with Crippen LogP contribution in [-0.2, 0) is 9.53 Å². The molecule has 0 saturated carbocycles. The minimum atomic E-state index is -0.393. The Balaban J connectivity index is -0.000000175. The van der Waals surface area contributed by atoms with Gasteiger partial charge in [0.05, 0.1) is 12.1 Å². The summed E-state index contributed by atoms with van der Waals surface area (Å²) < 4.78 is 5.22. The molecule has 1 amide bonds. The van der Waals surface area contributed by atoms with Gasteiger partial charge in [-0.15, -0.1) is 0 Å². The molecule has 0 radical (unpaired) electrons. The van der Waals surface area contributed by atoms with Crippen LogP contribution in [0.5, 0.6) is 0 Å². The van der Waals surface area contributed by atoms with Gasteiger partial charge in [-0.3, -0.25) is 9.79 Å². The minimum absolute atomic E-state index is 0.0795. The maximum Gasteiger partial charge on any atom is 0.410 e. The molecule has 27 heavy (non-hydrogen) atoms. The first kappa shape index (κ1) is 33.3. The molecular formula is C20H42N2O4S. The van der Waals surface area contributed by atoms with Gasteiger partial charge in [-0.1, -0.05) is 52.0 Å². The summed E-state index contributed by atoms with van der Waals surface area (Å²) in [7, 11) is 2.78. The molecule has 0 aromatic heterocycles. The third kappa shape index (κ3) is 36.4. The standard InChI is InChI=1S/C11H23NO2.C6H9NOS.C2H6.CH4O/c1-6-7-8-9-12(5)10(13)14-11(2,3)4;1-3-9-5-7-4-6(2)8;2*1-2/h6-9H2,1-5H3;3,5H,1,4H2,2H3;1-2H3;2H,1H3. The Kier molecular flexibility index (Phi) is 30.4. The van der Waals surface area contributed by atoms with Crippen molar-refractivity contribution >= 4 is 29.2 Å². The lowest BCUT2D eigenvalue weighted by Crippen LogP contribution is -2.34. The van der Waals surface area contributed by atoms with Crippen LogP contribution in [0.4, 0.5) is 4.79 Å². The van der Waals surface area contributed by atoms with E-state index in [0.29, 0.717) is 0 Å². The topological polar surface area (TPSA) is 79.2 Å². The highest BCUT2D eigenvalue weighted by Crippen LogP contribution is 2.09. The van der Waals surface area contributed by atoms with Gasteiger partial charge in [0.25, 0.3) is 0 Å². The first-order valence-corrected chi connectivity index (χ1v) is 10.2. The Bertz CT molecular complexity index is 381. The van der Waals surface area contributed by atoms with Gasteiger partial charge >= 0.3 is 6.09 Å². The van der Waals surface area contributed by atoms with Crippen LogP contribution < -0.4 is 0 Å². The number of nitrogens with zero attached hydrogens (tertiary/aromatic N) is 2. The fourth-order valence-electron chi connectivity index (χ4n) is 1.28. The number of amides is 1. The van der Waals surface area contributed by atoms with E-state index in [1.54, 1.807) is 22.9 Å². The molecule has 162 valence electrons. The van der Waals surface area contributed by atoms with Gasteiger partial charge in [0, 0.05) is 20.7 Å². The number of rotatable bonds is 8. The van der Waals surface area contributed by atoms with Crippen LogP contribution in [0.2, 0.25) is 0 Å². The maximum atomic E-state index is 11.5. The van der Waals surface area contributed by atoms with Crippen molar-refractivity contribution in [1.29, 1.82) is 0 Å². The minimum Gasteiger partial charge on any atom is -0.444 e. The largest absolute Gasteiger partial charge is 0.444 e. The van der Waals surface area contributed by atoms with Crippen molar-refractivity contribution < 1.29 is 19.4 Å². The van der Waals surface area contributed by atoms with Crippen LogP contribution in [0.25, 0.3) is 0 Å². The monoisotopic (exact) mass is 406 g/mol. The second-order valence-corrected chi connectivity index (χ2v) is 6.88. The summed E-state index contributed by atoms with van der Waals surface area (Å²) in [4.78, 5) is 27.1. The highest BCUT2D eigenvalue weighted by molar-refractivity contribution is 8.14. The summed E-state index contributed by atoms with van der Waals surface area (Å²) in [6.45, 7) is 17.8. The smallest absolute Gasteiger partial charge is 0.410 e. The van der Waals surface area contributed by atoms with Gasteiger partial charge < -0.3 is 14.7 Å². The van der Waals surface area contributed by atoms with Crippen molar-refractivity contribution in [3.05, 3.63) is 12.0 Å². The van der Waals surface area contributed by atoms with Gasteiger partial charge in [0.1, 0.15) is 5.60 Å². The summed E-state index contributed by atoms with van der Waals surface area (Å²) >= 11 is 1.37. The quantitative estimate of drug-likeness (QED) is 0.342. The van der Waals surface area contributed by atoms with Crippen molar-refractivity contribution in [3.63, 3.8) is 0 Å². The fourth-order valence-corrected chi connectivity index (χ4v) is 1.53. The Morgan fingerprint density at radius 2 is 1.74 bits per heavy atom. The number of ether oxygens (including phenoxy) is 1. The lowest BCUT2D eigenvalue weighted by Gasteiger charge is -2.24. The SMILES string of the molecule is C=CSC=NCC(C)=O.CC.CCCCCN(C)C(=O)OC(C)(C)C.CO. The van der Waals surface area contributed by atoms with Crippen molar-refractivity contribution in [2.24, 2.45) is 4.99 Å². The molecular weight excluding hydrogens is 364 g/mol. The lowest BCUT2D eigenvalue weighted by molar-refractivity contribution is -0.115. The molecule has 0 fully saturated rings. The number of carbonyl (C=O) groups excluding carboxylic acids is 2. The fraction of sp³-hybridized carbons (Fsp3) is 0.750. The molecule has 0 aliphatic carbocycles. The third-order valence-electron chi connectivity index (χ3n) is 2.35. The molecule has 0 bridgehead atoms. The first-order chi connectivity index (χ1) is 12.6. The van der Waals surface area contributed by atoms with Gasteiger partial charge in [-0.2, -0.15) is 0 Å². The number of hydrogen-bond donors (Lipinski definition) is 1. The zero-order valence-electron chi connectivity index (χ0n) is 18.9. The van der Waals surface area contributed by atoms with Crippen LogP contribution in [0.15, 0.2) is 17.0 Å². The van der Waals surface area contributed by atoms with E-state index in [4.69, 9.17) is 9.84 Å². The number of aliphatic hydroxyl groups is 1. The Morgan fingerprint density at radius 1 is 1.22 bits per heavy atom. The van der Waals surface area contributed by atoms with E-state index in [2.05, 4.69) is 18.5 Å². The normalized spacial score (nSPS) is 9.56. The van der Waals surface area contributed by atoms with E-state index in [0.717, 1.165) is 26.5 Å². The molecule has 0 aliphatic rings. The summed E-state index contributed by atoms with van der Waals surface area (Å²) in [6, 6.07) is 0. The van der Waals surface area contributed by atoms with E-state index in [-0.39, 0.29) is 18.4 Å². The van der Waals surface area contributed by atoms with E-state index in [1.807, 2.05) is 34.6 Å². The average molecular weight is 407 g/mol. The highest BCUT2D eigenvalue weighted by atomic mass is 32.2. The molecule has 0 atom stereocenters. The Hall–Kier alpha value is -1.34. The lowest BCUT2D eigenvalue weighted by atomic mass is 10.2. The molecule has 0 rings (SSSR count). The van der Waals surface area contributed by atoms with E-state index in [1.165, 1.54) is 25.1 Å². The van der Waals surface area contributed by atoms with E-state index < -0.39 is 5.60 Å². The molecule has 7 heteroatoms.